The predicted molar refractivity (Wildman–Crippen MR) is 99.8 cm³/mol. The summed E-state index contributed by atoms with van der Waals surface area (Å²) in [6, 6.07) is 16.5. The lowest BCUT2D eigenvalue weighted by Crippen LogP contribution is -2.15. The zero-order chi connectivity index (χ0) is 18.5. The predicted octanol–water partition coefficient (Wildman–Crippen LogP) is 3.79. The van der Waals surface area contributed by atoms with E-state index in [0.29, 0.717) is 28.7 Å². The van der Waals surface area contributed by atoms with Gasteiger partial charge in [0.15, 0.2) is 0 Å². The number of benzene rings is 2. The molecule has 3 rings (SSSR count). The topological polar surface area (TPSA) is 84.2 Å². The maximum atomic E-state index is 12.3. The number of oxazole rings is 1. The summed E-state index contributed by atoms with van der Waals surface area (Å²) in [7, 11) is 0. The summed E-state index contributed by atoms with van der Waals surface area (Å²) < 4.78 is 5.68. The zero-order valence-electron chi connectivity index (χ0n) is 14.6. The van der Waals surface area contributed by atoms with Crippen molar-refractivity contribution in [2.24, 2.45) is 0 Å². The molecule has 0 spiro atoms. The smallest absolute Gasteiger partial charge is 0.230 e. The van der Waals surface area contributed by atoms with Crippen molar-refractivity contribution in [2.45, 2.75) is 20.3 Å². The van der Waals surface area contributed by atoms with Gasteiger partial charge < -0.3 is 15.1 Å². The molecule has 26 heavy (non-hydrogen) atoms. The van der Waals surface area contributed by atoms with Crippen molar-refractivity contribution in [3.05, 3.63) is 66.1 Å². The fraction of sp³-hybridized carbons (Fsp3) is 0.150. The van der Waals surface area contributed by atoms with Crippen molar-refractivity contribution in [3.8, 4) is 11.5 Å². The van der Waals surface area contributed by atoms with Crippen LogP contribution in [0, 0.1) is 6.92 Å². The van der Waals surface area contributed by atoms with Crippen LogP contribution in [0.2, 0.25) is 0 Å². The highest BCUT2D eigenvalue weighted by Gasteiger charge is 2.15. The van der Waals surface area contributed by atoms with Gasteiger partial charge in [0, 0.05) is 23.9 Å². The Morgan fingerprint density at radius 2 is 1.69 bits per heavy atom. The third kappa shape index (κ3) is 4.36. The van der Waals surface area contributed by atoms with Gasteiger partial charge in [-0.3, -0.25) is 9.59 Å². The van der Waals surface area contributed by atoms with Gasteiger partial charge in [-0.1, -0.05) is 24.3 Å². The number of hydrogen-bond donors (Lipinski definition) is 2. The Morgan fingerprint density at radius 1 is 1.00 bits per heavy atom. The first-order valence-corrected chi connectivity index (χ1v) is 8.20. The van der Waals surface area contributed by atoms with Crippen molar-refractivity contribution in [2.75, 3.05) is 10.6 Å². The number of aryl methyl sites for hydroxylation is 1. The molecule has 0 atom stereocenters. The average molecular weight is 349 g/mol. The Bertz CT molecular complexity index is 932. The molecular weight excluding hydrogens is 330 g/mol. The number of hydrogen-bond acceptors (Lipinski definition) is 4. The van der Waals surface area contributed by atoms with Crippen LogP contribution in [0.4, 0.5) is 11.4 Å². The molecule has 132 valence electrons. The molecule has 0 saturated heterocycles. The summed E-state index contributed by atoms with van der Waals surface area (Å²) >= 11 is 0. The molecule has 6 heteroatoms. The van der Waals surface area contributed by atoms with Gasteiger partial charge in [-0.25, -0.2) is 4.98 Å². The average Bonchev–Trinajstić information content (AvgIpc) is 2.96. The molecule has 2 aromatic carbocycles. The number of amides is 2. The molecular formula is C20H19N3O3. The molecule has 1 aromatic heterocycles. The van der Waals surface area contributed by atoms with Gasteiger partial charge >= 0.3 is 0 Å². The molecule has 0 saturated carbocycles. The SMILES string of the molecule is CC(=O)Nc1cccc(NC(=O)Cc2nc(-c3ccccc3)oc2C)c1. The maximum absolute atomic E-state index is 12.3. The summed E-state index contributed by atoms with van der Waals surface area (Å²) in [4.78, 5) is 27.9. The zero-order valence-corrected chi connectivity index (χ0v) is 14.6. The summed E-state index contributed by atoms with van der Waals surface area (Å²) in [5, 5.41) is 5.49. The Balaban J connectivity index is 1.69. The van der Waals surface area contributed by atoms with Crippen molar-refractivity contribution in [1.82, 2.24) is 4.98 Å². The lowest BCUT2D eigenvalue weighted by atomic mass is 10.2. The molecule has 0 unspecified atom stereocenters. The van der Waals surface area contributed by atoms with E-state index < -0.39 is 0 Å². The number of rotatable bonds is 5. The second kappa shape index (κ2) is 7.65. The molecule has 6 nitrogen and oxygen atoms in total. The van der Waals surface area contributed by atoms with E-state index >= 15 is 0 Å². The van der Waals surface area contributed by atoms with Gasteiger partial charge in [0.1, 0.15) is 5.76 Å². The van der Waals surface area contributed by atoms with E-state index in [4.69, 9.17) is 4.42 Å². The molecule has 0 aliphatic heterocycles. The first-order chi connectivity index (χ1) is 12.5. The lowest BCUT2D eigenvalue weighted by molar-refractivity contribution is -0.116. The number of nitrogens with zero attached hydrogens (tertiary/aromatic N) is 1. The fourth-order valence-corrected chi connectivity index (χ4v) is 2.53. The maximum Gasteiger partial charge on any atom is 0.230 e. The van der Waals surface area contributed by atoms with Crippen LogP contribution in [-0.2, 0) is 16.0 Å². The van der Waals surface area contributed by atoms with Crippen LogP contribution in [0.1, 0.15) is 18.4 Å². The number of nitrogens with one attached hydrogen (secondary N) is 2. The van der Waals surface area contributed by atoms with Crippen molar-refractivity contribution < 1.29 is 14.0 Å². The van der Waals surface area contributed by atoms with Crippen LogP contribution in [0.25, 0.3) is 11.5 Å². The molecule has 3 aromatic rings. The van der Waals surface area contributed by atoms with Crippen molar-refractivity contribution >= 4 is 23.2 Å². The van der Waals surface area contributed by atoms with Crippen molar-refractivity contribution in [1.29, 1.82) is 0 Å². The van der Waals surface area contributed by atoms with Gasteiger partial charge in [-0.2, -0.15) is 0 Å². The van der Waals surface area contributed by atoms with Gasteiger partial charge in [0.2, 0.25) is 17.7 Å². The minimum atomic E-state index is -0.207. The fourth-order valence-electron chi connectivity index (χ4n) is 2.53. The van der Waals surface area contributed by atoms with Crippen LogP contribution in [-0.4, -0.2) is 16.8 Å². The van der Waals surface area contributed by atoms with E-state index in [-0.39, 0.29) is 18.2 Å². The van der Waals surface area contributed by atoms with E-state index in [2.05, 4.69) is 15.6 Å². The molecule has 1 heterocycles. The molecule has 2 amide bonds. The Kier molecular flexibility index (Phi) is 5.12. The van der Waals surface area contributed by atoms with Gasteiger partial charge in [0.25, 0.3) is 0 Å². The minimum Gasteiger partial charge on any atom is -0.441 e. The largest absolute Gasteiger partial charge is 0.441 e. The van der Waals surface area contributed by atoms with Gasteiger partial charge in [0.05, 0.1) is 12.1 Å². The highest BCUT2D eigenvalue weighted by Crippen LogP contribution is 2.22. The molecule has 2 N–H and O–H groups in total. The van der Waals surface area contributed by atoms with Crippen molar-refractivity contribution in [3.63, 3.8) is 0 Å². The quantitative estimate of drug-likeness (QED) is 0.734. The molecule has 0 fully saturated rings. The van der Waals surface area contributed by atoms with E-state index in [0.717, 1.165) is 5.56 Å². The molecule has 0 aliphatic rings. The van der Waals surface area contributed by atoms with Gasteiger partial charge in [-0.05, 0) is 37.3 Å². The summed E-state index contributed by atoms with van der Waals surface area (Å²) in [6.45, 7) is 3.22. The first kappa shape index (κ1) is 17.4. The second-order valence-electron chi connectivity index (χ2n) is 5.87. The summed E-state index contributed by atoms with van der Waals surface area (Å²) in [5.41, 5.74) is 2.69. The number of carbonyl (C=O) groups excluding carboxylic acids is 2. The van der Waals surface area contributed by atoms with E-state index in [1.165, 1.54) is 6.92 Å². The third-order valence-electron chi connectivity index (χ3n) is 3.71. The van der Waals surface area contributed by atoms with E-state index in [1.807, 2.05) is 30.3 Å². The second-order valence-corrected chi connectivity index (χ2v) is 5.87. The first-order valence-electron chi connectivity index (χ1n) is 8.20. The highest BCUT2D eigenvalue weighted by atomic mass is 16.4. The van der Waals surface area contributed by atoms with Crippen LogP contribution >= 0.6 is 0 Å². The number of carbonyl (C=O) groups is 2. The van der Waals surface area contributed by atoms with Crippen LogP contribution < -0.4 is 10.6 Å². The molecule has 0 bridgehead atoms. The van der Waals surface area contributed by atoms with Crippen LogP contribution in [0.5, 0.6) is 0 Å². The lowest BCUT2D eigenvalue weighted by Gasteiger charge is -2.07. The summed E-state index contributed by atoms with van der Waals surface area (Å²) in [5.74, 6) is 0.741. The molecule has 0 aliphatic carbocycles. The minimum absolute atomic E-state index is 0.104. The third-order valence-corrected chi connectivity index (χ3v) is 3.71. The van der Waals surface area contributed by atoms with Crippen LogP contribution in [0.3, 0.4) is 0 Å². The molecule has 0 radical (unpaired) electrons. The summed E-state index contributed by atoms with van der Waals surface area (Å²) in [6.07, 6.45) is 0.104. The van der Waals surface area contributed by atoms with E-state index in [9.17, 15) is 9.59 Å². The van der Waals surface area contributed by atoms with Gasteiger partial charge in [-0.15, -0.1) is 0 Å². The van der Waals surface area contributed by atoms with E-state index in [1.54, 1.807) is 31.2 Å². The Hall–Kier alpha value is -3.41. The highest BCUT2D eigenvalue weighted by molar-refractivity contribution is 5.94. The monoisotopic (exact) mass is 349 g/mol. The van der Waals surface area contributed by atoms with Crippen LogP contribution in [0.15, 0.2) is 59.0 Å². The standard InChI is InChI=1S/C20H19N3O3/c1-13-18(23-20(26-13)15-7-4-3-5-8-15)12-19(25)22-17-10-6-9-16(11-17)21-14(2)24/h3-11H,12H2,1-2H3,(H,21,24)(H,22,25). The Labute approximate surface area is 151 Å². The Morgan fingerprint density at radius 3 is 2.38 bits per heavy atom. The normalized spacial score (nSPS) is 10.4. The number of anilines is 2. The number of aromatic nitrogens is 1.